The van der Waals surface area contributed by atoms with E-state index in [1.54, 1.807) is 35.1 Å². The highest BCUT2D eigenvalue weighted by molar-refractivity contribution is 6.31. The summed E-state index contributed by atoms with van der Waals surface area (Å²) in [6.07, 6.45) is 3.08. The molecule has 0 atom stereocenters. The quantitative estimate of drug-likeness (QED) is 0.446. The van der Waals surface area contributed by atoms with E-state index in [1.165, 1.54) is 18.3 Å². The second-order valence-electron chi connectivity index (χ2n) is 6.69. The van der Waals surface area contributed by atoms with E-state index in [9.17, 15) is 14.0 Å². The maximum atomic E-state index is 13.2. The lowest BCUT2D eigenvalue weighted by Crippen LogP contribution is -2.15. The number of carbonyl (C=O) groups excluding carboxylic acids is 1. The number of anilines is 1. The maximum absolute atomic E-state index is 13.2. The fraction of sp³-hybridized carbons (Fsp3) is 0.136. The van der Waals surface area contributed by atoms with Crippen LogP contribution in [0.25, 0.3) is 11.0 Å². The van der Waals surface area contributed by atoms with E-state index in [-0.39, 0.29) is 16.2 Å². The van der Waals surface area contributed by atoms with Crippen LogP contribution >= 0.6 is 11.6 Å². The molecule has 0 saturated carbocycles. The van der Waals surface area contributed by atoms with Crippen LogP contribution in [0.4, 0.5) is 10.1 Å². The zero-order valence-electron chi connectivity index (χ0n) is 16.4. The van der Waals surface area contributed by atoms with Crippen molar-refractivity contribution in [3.63, 3.8) is 0 Å². The van der Waals surface area contributed by atoms with Crippen LogP contribution in [0.2, 0.25) is 5.02 Å². The van der Waals surface area contributed by atoms with Crippen LogP contribution in [0, 0.1) is 5.82 Å². The predicted octanol–water partition coefficient (Wildman–Crippen LogP) is 4.48. The highest BCUT2D eigenvalue weighted by atomic mass is 35.5. The summed E-state index contributed by atoms with van der Waals surface area (Å²) in [5, 5.41) is 7.67. The Hall–Kier alpha value is -3.65. The van der Waals surface area contributed by atoms with Crippen molar-refractivity contribution in [2.24, 2.45) is 0 Å². The van der Waals surface area contributed by atoms with Gasteiger partial charge in [-0.15, -0.1) is 0 Å². The highest BCUT2D eigenvalue weighted by Crippen LogP contribution is 2.24. The van der Waals surface area contributed by atoms with Crippen molar-refractivity contribution < 1.29 is 18.3 Å². The van der Waals surface area contributed by atoms with Crippen LogP contribution in [0.1, 0.15) is 22.8 Å². The van der Waals surface area contributed by atoms with Gasteiger partial charge in [0, 0.05) is 28.7 Å². The van der Waals surface area contributed by atoms with Gasteiger partial charge < -0.3 is 14.5 Å². The summed E-state index contributed by atoms with van der Waals surface area (Å²) in [4.78, 5) is 24.8. The molecule has 9 heteroatoms. The first-order chi connectivity index (χ1) is 14.9. The molecule has 0 bridgehead atoms. The Morgan fingerprint density at radius 3 is 2.87 bits per heavy atom. The summed E-state index contributed by atoms with van der Waals surface area (Å²) < 4.78 is 25.4. The van der Waals surface area contributed by atoms with Crippen LogP contribution in [0.5, 0.6) is 5.75 Å². The third-order valence-corrected chi connectivity index (χ3v) is 4.86. The number of nitrogens with one attached hydrogen (secondary N) is 1. The second-order valence-corrected chi connectivity index (χ2v) is 7.09. The van der Waals surface area contributed by atoms with E-state index < -0.39 is 17.3 Å². The van der Waals surface area contributed by atoms with Gasteiger partial charge >= 0.3 is 5.63 Å². The molecule has 2 heterocycles. The normalized spacial score (nSPS) is 10.9. The number of rotatable bonds is 6. The molecule has 0 radical (unpaired) electrons. The minimum Gasteiger partial charge on any atom is -0.494 e. The number of halogens is 2. The summed E-state index contributed by atoms with van der Waals surface area (Å²) >= 11 is 6.05. The number of fused-ring (bicyclic) bond motifs is 1. The Morgan fingerprint density at radius 1 is 1.26 bits per heavy atom. The number of hydrogen-bond acceptors (Lipinski definition) is 5. The van der Waals surface area contributed by atoms with Crippen molar-refractivity contribution in [3.05, 3.63) is 87.2 Å². The fourth-order valence-corrected chi connectivity index (χ4v) is 3.35. The largest absolute Gasteiger partial charge is 0.494 e. The summed E-state index contributed by atoms with van der Waals surface area (Å²) in [5.74, 6) is -0.368. The van der Waals surface area contributed by atoms with Crippen molar-refractivity contribution in [2.75, 3.05) is 11.9 Å². The average Bonchev–Trinajstić information content (AvgIpc) is 3.16. The van der Waals surface area contributed by atoms with Crippen LogP contribution in [0.15, 0.2) is 64.1 Å². The molecule has 0 aliphatic carbocycles. The molecule has 4 aromatic rings. The molecule has 2 aromatic carbocycles. The first-order valence-corrected chi connectivity index (χ1v) is 9.79. The van der Waals surface area contributed by atoms with Gasteiger partial charge in [-0.25, -0.2) is 9.18 Å². The van der Waals surface area contributed by atoms with E-state index >= 15 is 0 Å². The second kappa shape index (κ2) is 8.61. The molecule has 2 aromatic heterocycles. The third-order valence-electron chi connectivity index (χ3n) is 4.51. The number of benzene rings is 2. The van der Waals surface area contributed by atoms with Gasteiger partial charge in [0.2, 0.25) is 0 Å². The van der Waals surface area contributed by atoms with Crippen molar-refractivity contribution in [1.29, 1.82) is 0 Å². The molecule has 158 valence electrons. The molecular formula is C22H17ClFN3O4. The maximum Gasteiger partial charge on any atom is 0.337 e. The Balaban J connectivity index is 1.56. The zero-order chi connectivity index (χ0) is 22.0. The van der Waals surface area contributed by atoms with Crippen molar-refractivity contribution in [1.82, 2.24) is 9.78 Å². The summed E-state index contributed by atoms with van der Waals surface area (Å²) in [5.41, 5.74) is 0.887. The smallest absolute Gasteiger partial charge is 0.337 e. The summed E-state index contributed by atoms with van der Waals surface area (Å²) in [6.45, 7) is 2.60. The molecule has 0 fully saturated rings. The Bertz CT molecular complexity index is 1330. The zero-order valence-corrected chi connectivity index (χ0v) is 17.1. The number of ether oxygens (including phenoxy) is 1. The van der Waals surface area contributed by atoms with E-state index in [0.29, 0.717) is 35.5 Å². The number of carbonyl (C=O) groups is 1. The SMILES string of the molecule is CCOc1ccc2c(C(=O)Nc3cnn(Cc4ccc(F)cc4Cl)c3)cc(=O)oc2c1. The monoisotopic (exact) mass is 441 g/mol. The van der Waals surface area contributed by atoms with Gasteiger partial charge in [-0.05, 0) is 36.8 Å². The number of amides is 1. The van der Waals surface area contributed by atoms with E-state index in [4.69, 9.17) is 20.8 Å². The van der Waals surface area contributed by atoms with Gasteiger partial charge in [-0.1, -0.05) is 17.7 Å². The van der Waals surface area contributed by atoms with Crippen molar-refractivity contribution >= 4 is 34.2 Å². The molecule has 0 aliphatic heterocycles. The lowest BCUT2D eigenvalue weighted by Gasteiger charge is -2.08. The first-order valence-electron chi connectivity index (χ1n) is 9.41. The van der Waals surface area contributed by atoms with E-state index in [1.807, 2.05) is 6.92 Å². The summed E-state index contributed by atoms with van der Waals surface area (Å²) in [7, 11) is 0. The molecule has 1 amide bonds. The number of nitrogens with zero attached hydrogens (tertiary/aromatic N) is 2. The van der Waals surface area contributed by atoms with Gasteiger partial charge in [0.05, 0.1) is 30.6 Å². The Kier molecular flexibility index (Phi) is 5.73. The van der Waals surface area contributed by atoms with Gasteiger partial charge in [0.15, 0.2) is 0 Å². The van der Waals surface area contributed by atoms with Gasteiger partial charge in [-0.3, -0.25) is 9.48 Å². The van der Waals surface area contributed by atoms with Gasteiger partial charge in [-0.2, -0.15) is 5.10 Å². The predicted molar refractivity (Wildman–Crippen MR) is 114 cm³/mol. The molecule has 0 spiro atoms. The van der Waals surface area contributed by atoms with Gasteiger partial charge in [0.25, 0.3) is 5.91 Å². The molecule has 0 unspecified atom stereocenters. The molecule has 0 saturated heterocycles. The van der Waals surface area contributed by atoms with Crippen molar-refractivity contribution in [2.45, 2.75) is 13.5 Å². The third kappa shape index (κ3) is 4.59. The average molecular weight is 442 g/mol. The Labute approximate surface area is 181 Å². The number of hydrogen-bond donors (Lipinski definition) is 1. The summed E-state index contributed by atoms with van der Waals surface area (Å²) in [6, 6.07) is 10.2. The first kappa shape index (κ1) is 20.6. The Morgan fingerprint density at radius 2 is 2.10 bits per heavy atom. The standard InChI is InChI=1S/C22H17ClFN3O4/c1-2-30-16-5-6-17-18(9-21(28)31-20(17)8-16)22(29)26-15-10-25-27(12-15)11-13-3-4-14(24)7-19(13)23/h3-10,12H,2,11H2,1H3,(H,26,29). The topological polar surface area (TPSA) is 86.4 Å². The van der Waals surface area contributed by atoms with Gasteiger partial charge in [0.1, 0.15) is 17.1 Å². The van der Waals surface area contributed by atoms with E-state index in [2.05, 4.69) is 10.4 Å². The van der Waals surface area contributed by atoms with E-state index in [0.717, 1.165) is 6.07 Å². The van der Waals surface area contributed by atoms with Crippen LogP contribution in [0.3, 0.4) is 0 Å². The van der Waals surface area contributed by atoms with Crippen molar-refractivity contribution in [3.8, 4) is 5.75 Å². The van der Waals surface area contributed by atoms with Crippen LogP contribution < -0.4 is 15.7 Å². The molecule has 4 rings (SSSR count). The minimum absolute atomic E-state index is 0.170. The molecule has 7 nitrogen and oxygen atoms in total. The van der Waals surface area contributed by atoms with Crippen LogP contribution in [-0.2, 0) is 6.54 Å². The molecule has 31 heavy (non-hydrogen) atoms. The van der Waals surface area contributed by atoms with Crippen LogP contribution in [-0.4, -0.2) is 22.3 Å². The molecule has 0 aliphatic rings. The fourth-order valence-electron chi connectivity index (χ4n) is 3.12. The highest BCUT2D eigenvalue weighted by Gasteiger charge is 2.15. The molecule has 1 N–H and O–H groups in total. The minimum atomic E-state index is -0.645. The lowest BCUT2D eigenvalue weighted by atomic mass is 10.1. The molecular weight excluding hydrogens is 425 g/mol. The lowest BCUT2D eigenvalue weighted by molar-refractivity contribution is 0.102. The number of aromatic nitrogens is 2.